The molecular formula is C26H25ClFNO. The van der Waals surface area contributed by atoms with Gasteiger partial charge in [0.15, 0.2) is 0 Å². The maximum absolute atomic E-state index is 15.1. The van der Waals surface area contributed by atoms with E-state index in [1.54, 1.807) is 17.0 Å². The van der Waals surface area contributed by atoms with Gasteiger partial charge >= 0.3 is 0 Å². The van der Waals surface area contributed by atoms with E-state index in [0.29, 0.717) is 16.1 Å². The smallest absolute Gasteiger partial charge is 0.246 e. The van der Waals surface area contributed by atoms with Gasteiger partial charge in [-0.1, -0.05) is 56.6 Å². The van der Waals surface area contributed by atoms with E-state index in [9.17, 15) is 4.79 Å². The average molecular weight is 422 g/mol. The Morgan fingerprint density at radius 1 is 1.00 bits per heavy atom. The minimum Gasteiger partial charge on any atom is -0.280 e. The Bertz CT molecular complexity index is 1160. The summed E-state index contributed by atoms with van der Waals surface area (Å²) in [6.07, 6.45) is 0. The van der Waals surface area contributed by atoms with E-state index in [1.807, 2.05) is 77.1 Å². The van der Waals surface area contributed by atoms with Crippen molar-refractivity contribution < 1.29 is 9.18 Å². The van der Waals surface area contributed by atoms with Crippen LogP contribution in [0.5, 0.6) is 0 Å². The largest absolute Gasteiger partial charge is 0.280 e. The molecule has 0 radical (unpaired) electrons. The topological polar surface area (TPSA) is 20.3 Å². The van der Waals surface area contributed by atoms with E-state index >= 15 is 4.39 Å². The first-order valence-corrected chi connectivity index (χ1v) is 10.4. The molecule has 154 valence electrons. The van der Waals surface area contributed by atoms with Crippen LogP contribution in [0.25, 0.3) is 0 Å². The molecule has 1 atom stereocenters. The summed E-state index contributed by atoms with van der Waals surface area (Å²) in [5.74, 6) is -0.417. The highest BCUT2D eigenvalue weighted by Crippen LogP contribution is 2.50. The van der Waals surface area contributed by atoms with Crippen LogP contribution in [-0.2, 0) is 15.6 Å². The number of rotatable bonds is 2. The molecule has 0 aromatic heterocycles. The quantitative estimate of drug-likeness (QED) is 0.433. The fourth-order valence-electron chi connectivity index (χ4n) is 4.29. The predicted octanol–water partition coefficient (Wildman–Crippen LogP) is 7.07. The first-order chi connectivity index (χ1) is 14.0. The third-order valence-corrected chi connectivity index (χ3v) is 6.22. The number of halogens is 2. The zero-order chi connectivity index (χ0) is 21.8. The van der Waals surface area contributed by atoms with Gasteiger partial charge in [0.1, 0.15) is 5.82 Å². The van der Waals surface area contributed by atoms with E-state index in [1.165, 1.54) is 6.07 Å². The minimum atomic E-state index is -1.04. The SMILES string of the molecule is Cc1cccc(N2C(=O)C(C)(c3ccc(C(C)(C)C)c(F)c3)c3cc(Cl)ccc32)c1. The van der Waals surface area contributed by atoms with Crippen molar-refractivity contribution in [1.82, 2.24) is 0 Å². The Morgan fingerprint density at radius 2 is 1.73 bits per heavy atom. The molecular weight excluding hydrogens is 397 g/mol. The Balaban J connectivity index is 1.93. The predicted molar refractivity (Wildman–Crippen MR) is 121 cm³/mol. The number of carbonyl (C=O) groups is 1. The lowest BCUT2D eigenvalue weighted by Crippen LogP contribution is -2.37. The highest BCUT2D eigenvalue weighted by molar-refractivity contribution is 6.31. The van der Waals surface area contributed by atoms with Crippen LogP contribution in [0.4, 0.5) is 15.8 Å². The van der Waals surface area contributed by atoms with Crippen LogP contribution in [-0.4, -0.2) is 5.91 Å². The van der Waals surface area contributed by atoms with Gasteiger partial charge in [-0.15, -0.1) is 0 Å². The number of nitrogens with zero attached hydrogens (tertiary/aromatic N) is 1. The summed E-state index contributed by atoms with van der Waals surface area (Å²) in [7, 11) is 0. The summed E-state index contributed by atoms with van der Waals surface area (Å²) < 4.78 is 15.1. The van der Waals surface area contributed by atoms with Crippen LogP contribution in [0.15, 0.2) is 60.7 Å². The van der Waals surface area contributed by atoms with Crippen molar-refractivity contribution in [2.45, 2.75) is 45.4 Å². The van der Waals surface area contributed by atoms with Crippen LogP contribution >= 0.6 is 11.6 Å². The molecule has 0 saturated heterocycles. The van der Waals surface area contributed by atoms with Crippen LogP contribution in [0, 0.1) is 12.7 Å². The summed E-state index contributed by atoms with van der Waals surface area (Å²) in [6, 6.07) is 18.4. The Hall–Kier alpha value is -2.65. The molecule has 3 aromatic rings. The molecule has 0 spiro atoms. The van der Waals surface area contributed by atoms with E-state index < -0.39 is 5.41 Å². The fourth-order valence-corrected chi connectivity index (χ4v) is 4.46. The Labute approximate surface area is 182 Å². The number of amides is 1. The number of fused-ring (bicyclic) bond motifs is 1. The van der Waals surface area contributed by atoms with E-state index in [0.717, 1.165) is 22.5 Å². The van der Waals surface area contributed by atoms with Crippen molar-refractivity contribution in [1.29, 1.82) is 0 Å². The van der Waals surface area contributed by atoms with Crippen molar-refractivity contribution in [2.24, 2.45) is 0 Å². The molecule has 0 bridgehead atoms. The summed E-state index contributed by atoms with van der Waals surface area (Å²) in [6.45, 7) is 9.77. The molecule has 1 heterocycles. The standard InChI is InChI=1S/C26H25ClFNO/c1-16-7-6-8-19(13-16)29-23-12-10-18(27)15-21(23)26(5,24(29)30)17-9-11-20(22(28)14-17)25(2,3)4/h6-15H,1-5H3. The van der Waals surface area contributed by atoms with Gasteiger partial charge in [0.2, 0.25) is 5.91 Å². The van der Waals surface area contributed by atoms with Gasteiger partial charge in [0, 0.05) is 10.7 Å². The van der Waals surface area contributed by atoms with Crippen molar-refractivity contribution in [3.63, 3.8) is 0 Å². The van der Waals surface area contributed by atoms with Gasteiger partial charge in [-0.3, -0.25) is 9.69 Å². The lowest BCUT2D eigenvalue weighted by atomic mass is 9.75. The lowest BCUT2D eigenvalue weighted by Gasteiger charge is -2.27. The number of anilines is 2. The molecule has 0 aliphatic carbocycles. The van der Waals surface area contributed by atoms with E-state index in [2.05, 4.69) is 0 Å². The molecule has 4 rings (SSSR count). The highest BCUT2D eigenvalue weighted by Gasteiger charge is 2.49. The van der Waals surface area contributed by atoms with Crippen LogP contribution < -0.4 is 4.90 Å². The van der Waals surface area contributed by atoms with Crippen LogP contribution in [0.3, 0.4) is 0 Å². The highest BCUT2D eigenvalue weighted by atomic mass is 35.5. The Kier molecular flexibility index (Phi) is 4.78. The number of carbonyl (C=O) groups excluding carboxylic acids is 1. The van der Waals surface area contributed by atoms with E-state index in [-0.39, 0.29) is 17.1 Å². The van der Waals surface area contributed by atoms with Gasteiger partial charge < -0.3 is 0 Å². The third kappa shape index (κ3) is 3.13. The van der Waals surface area contributed by atoms with Gasteiger partial charge in [-0.05, 0) is 77.9 Å². The van der Waals surface area contributed by atoms with Crippen LogP contribution in [0.1, 0.15) is 49.9 Å². The van der Waals surface area contributed by atoms with Crippen molar-refractivity contribution in [3.05, 3.63) is 93.8 Å². The number of hydrogen-bond donors (Lipinski definition) is 0. The van der Waals surface area contributed by atoms with Gasteiger partial charge in [-0.25, -0.2) is 4.39 Å². The van der Waals surface area contributed by atoms with Gasteiger partial charge in [0.05, 0.1) is 11.1 Å². The molecule has 3 aromatic carbocycles. The third-order valence-electron chi connectivity index (χ3n) is 5.98. The molecule has 30 heavy (non-hydrogen) atoms. The summed E-state index contributed by atoms with van der Waals surface area (Å²) >= 11 is 6.32. The molecule has 4 heteroatoms. The van der Waals surface area contributed by atoms with E-state index in [4.69, 9.17) is 11.6 Å². The first-order valence-electron chi connectivity index (χ1n) is 10.1. The molecule has 0 fully saturated rings. The van der Waals surface area contributed by atoms with Crippen molar-refractivity contribution in [3.8, 4) is 0 Å². The number of benzene rings is 3. The zero-order valence-corrected chi connectivity index (χ0v) is 18.6. The fraction of sp³-hybridized carbons (Fsp3) is 0.269. The molecule has 1 aliphatic rings. The Morgan fingerprint density at radius 3 is 2.37 bits per heavy atom. The molecule has 1 aliphatic heterocycles. The molecule has 0 N–H and O–H groups in total. The second-order valence-electron chi connectivity index (χ2n) is 9.21. The van der Waals surface area contributed by atoms with Gasteiger partial charge in [0.25, 0.3) is 0 Å². The van der Waals surface area contributed by atoms with Crippen LogP contribution in [0.2, 0.25) is 5.02 Å². The zero-order valence-electron chi connectivity index (χ0n) is 17.9. The van der Waals surface area contributed by atoms with Gasteiger partial charge in [-0.2, -0.15) is 0 Å². The molecule has 1 unspecified atom stereocenters. The summed E-state index contributed by atoms with van der Waals surface area (Å²) in [5, 5.41) is 0.547. The maximum Gasteiger partial charge on any atom is 0.246 e. The lowest BCUT2D eigenvalue weighted by molar-refractivity contribution is -0.120. The summed E-state index contributed by atoms with van der Waals surface area (Å²) in [4.78, 5) is 15.6. The second kappa shape index (κ2) is 6.95. The maximum atomic E-state index is 15.1. The number of aryl methyl sites for hydroxylation is 1. The normalized spacial score (nSPS) is 18.6. The second-order valence-corrected chi connectivity index (χ2v) is 9.65. The van der Waals surface area contributed by atoms with Crippen molar-refractivity contribution in [2.75, 3.05) is 4.90 Å². The number of hydrogen-bond acceptors (Lipinski definition) is 1. The summed E-state index contributed by atoms with van der Waals surface area (Å²) in [5.41, 5.74) is 3.30. The molecule has 1 amide bonds. The molecule has 2 nitrogen and oxygen atoms in total. The monoisotopic (exact) mass is 421 g/mol. The average Bonchev–Trinajstić information content (AvgIpc) is 2.89. The van der Waals surface area contributed by atoms with Crippen molar-refractivity contribution >= 4 is 28.9 Å². The molecule has 0 saturated carbocycles. The minimum absolute atomic E-state index is 0.117. The first kappa shape index (κ1) is 20.6.